The maximum Gasteiger partial charge on any atom is 0.336 e. The van der Waals surface area contributed by atoms with Crippen LogP contribution in [0, 0.1) is 5.92 Å². The van der Waals surface area contributed by atoms with Crippen molar-refractivity contribution in [2.75, 3.05) is 60.0 Å². The van der Waals surface area contributed by atoms with Gasteiger partial charge in [-0.1, -0.05) is 29.3 Å². The Labute approximate surface area is 294 Å². The van der Waals surface area contributed by atoms with Gasteiger partial charge in [0.2, 0.25) is 11.8 Å². The maximum absolute atomic E-state index is 13.8. The van der Waals surface area contributed by atoms with Crippen LogP contribution in [0.1, 0.15) is 55.0 Å². The highest BCUT2D eigenvalue weighted by molar-refractivity contribution is 7.09. The molecular weight excluding hydrogens is 677 g/mol. The number of carbonyl (C=O) groups is 4. The van der Waals surface area contributed by atoms with Crippen LogP contribution >= 0.6 is 34.5 Å². The Morgan fingerprint density at radius 2 is 1.71 bits per heavy atom. The normalized spacial score (nSPS) is 20.2. The van der Waals surface area contributed by atoms with E-state index >= 15 is 0 Å². The second kappa shape index (κ2) is 16.9. The lowest BCUT2D eigenvalue weighted by atomic mass is 9.74. The molecule has 2 aromatic rings. The third-order valence-electron chi connectivity index (χ3n) is 9.21. The van der Waals surface area contributed by atoms with E-state index in [2.05, 4.69) is 9.88 Å². The molecule has 0 N–H and O–H groups in total. The van der Waals surface area contributed by atoms with Crippen molar-refractivity contribution >= 4 is 64.0 Å². The van der Waals surface area contributed by atoms with Crippen LogP contribution in [0.2, 0.25) is 10.0 Å². The zero-order valence-corrected chi connectivity index (χ0v) is 29.6. The molecule has 0 radical (unpaired) electrons. The quantitative estimate of drug-likeness (QED) is 0.215. The van der Waals surface area contributed by atoms with Crippen LogP contribution in [0.5, 0.6) is 0 Å². The minimum Gasteiger partial charge on any atom is -0.468 e. The molecule has 2 unspecified atom stereocenters. The molecule has 0 aliphatic carbocycles. The van der Waals surface area contributed by atoms with Gasteiger partial charge in [0.05, 0.1) is 36.9 Å². The number of benzene rings is 1. The first-order valence-corrected chi connectivity index (χ1v) is 17.9. The summed E-state index contributed by atoms with van der Waals surface area (Å²) in [6.45, 7) is 5.09. The van der Waals surface area contributed by atoms with Crippen molar-refractivity contribution in [2.45, 2.75) is 50.9 Å². The summed E-state index contributed by atoms with van der Waals surface area (Å²) < 4.78 is 10.5. The van der Waals surface area contributed by atoms with Crippen LogP contribution < -0.4 is 0 Å². The lowest BCUT2D eigenvalue weighted by Crippen LogP contribution is -2.49. The molecule has 4 heterocycles. The number of thiazole rings is 1. The number of esters is 2. The Morgan fingerprint density at radius 3 is 2.33 bits per heavy atom. The summed E-state index contributed by atoms with van der Waals surface area (Å²) >= 11 is 14.9. The molecule has 258 valence electrons. The summed E-state index contributed by atoms with van der Waals surface area (Å²) in [7, 11) is 2.53. The van der Waals surface area contributed by atoms with Gasteiger partial charge in [0, 0.05) is 85.4 Å². The fourth-order valence-electron chi connectivity index (χ4n) is 6.73. The number of hydrogen-bond acceptors (Lipinski definition) is 10. The Kier molecular flexibility index (Phi) is 12.6. The number of likely N-dealkylation sites (tertiary alicyclic amines) is 1. The molecule has 2 atom stereocenters. The van der Waals surface area contributed by atoms with E-state index in [0.717, 1.165) is 57.0 Å². The fourth-order valence-corrected chi connectivity index (χ4v) is 7.98. The number of rotatable bonds is 13. The van der Waals surface area contributed by atoms with Crippen molar-refractivity contribution in [2.24, 2.45) is 10.9 Å². The number of nitrogens with zero attached hydrogens (tertiary/aromatic N) is 5. The number of methoxy groups -OCH3 is 2. The Balaban J connectivity index is 1.37. The van der Waals surface area contributed by atoms with Crippen molar-refractivity contribution in [3.8, 4) is 0 Å². The van der Waals surface area contributed by atoms with Crippen molar-refractivity contribution in [1.29, 1.82) is 0 Å². The summed E-state index contributed by atoms with van der Waals surface area (Å²) in [5.74, 6) is -3.29. The molecule has 2 saturated heterocycles. The van der Waals surface area contributed by atoms with Crippen LogP contribution in [-0.2, 0) is 35.1 Å². The number of amides is 2. The van der Waals surface area contributed by atoms with Gasteiger partial charge in [-0.05, 0) is 49.9 Å². The first kappa shape index (κ1) is 36.0. The van der Waals surface area contributed by atoms with Gasteiger partial charge < -0.3 is 19.3 Å². The number of aliphatic imine (C=N–C) groups is 1. The van der Waals surface area contributed by atoms with E-state index in [1.807, 2.05) is 10.3 Å². The first-order valence-electron chi connectivity index (χ1n) is 16.3. The summed E-state index contributed by atoms with van der Waals surface area (Å²) in [6, 6.07) is 4.97. The predicted molar refractivity (Wildman–Crippen MR) is 184 cm³/mol. The average molecular weight is 719 g/mol. The number of hydrogen-bond donors (Lipinski definition) is 0. The minimum atomic E-state index is -1.03. The molecule has 14 heteroatoms. The van der Waals surface area contributed by atoms with E-state index in [1.165, 1.54) is 25.6 Å². The molecule has 0 spiro atoms. The van der Waals surface area contributed by atoms with Crippen LogP contribution in [-0.4, -0.2) is 109 Å². The van der Waals surface area contributed by atoms with Gasteiger partial charge in [-0.3, -0.25) is 24.3 Å². The number of aryl methyl sites for hydroxylation is 1. The number of carbonyl (C=O) groups excluding carboxylic acids is 4. The van der Waals surface area contributed by atoms with Gasteiger partial charge in [-0.25, -0.2) is 9.78 Å². The average Bonchev–Trinajstić information content (AvgIpc) is 3.76. The highest BCUT2D eigenvalue weighted by atomic mass is 35.5. The predicted octanol–water partition coefficient (Wildman–Crippen LogP) is 4.77. The SMILES string of the molecule is COC(=O)C1=C(CC(=O)N2CCN(CCCCN3CCCC3=O)CC2)N=C(CCc2nccs2)C(C(=O)OC)C1c1c(Cl)cccc1Cl. The van der Waals surface area contributed by atoms with Gasteiger partial charge in [0.25, 0.3) is 0 Å². The van der Waals surface area contributed by atoms with Gasteiger partial charge in [-0.2, -0.15) is 0 Å². The largest absolute Gasteiger partial charge is 0.468 e. The van der Waals surface area contributed by atoms with Gasteiger partial charge >= 0.3 is 11.9 Å². The first-order chi connectivity index (χ1) is 23.2. The van der Waals surface area contributed by atoms with Crippen molar-refractivity contribution in [1.82, 2.24) is 19.7 Å². The number of piperazine rings is 1. The molecule has 3 aliphatic rings. The Hall–Kier alpha value is -3.32. The van der Waals surface area contributed by atoms with E-state index in [9.17, 15) is 19.2 Å². The summed E-state index contributed by atoms with van der Waals surface area (Å²) in [5.41, 5.74) is 1.10. The number of ether oxygens (including phenoxy) is 2. The second-order valence-electron chi connectivity index (χ2n) is 12.1. The Morgan fingerprint density at radius 1 is 0.979 bits per heavy atom. The number of halogens is 2. The topological polar surface area (TPSA) is 122 Å². The molecular formula is C34H41Cl2N5O6S. The minimum absolute atomic E-state index is 0.0596. The van der Waals surface area contributed by atoms with Crippen molar-refractivity contribution in [3.63, 3.8) is 0 Å². The van der Waals surface area contributed by atoms with Gasteiger partial charge in [-0.15, -0.1) is 11.3 Å². The molecule has 1 aromatic heterocycles. The smallest absolute Gasteiger partial charge is 0.336 e. The zero-order chi connectivity index (χ0) is 34.2. The highest BCUT2D eigenvalue weighted by Gasteiger charge is 2.46. The molecule has 5 rings (SSSR count). The lowest BCUT2D eigenvalue weighted by Gasteiger charge is -2.36. The Bertz CT molecular complexity index is 1540. The van der Waals surface area contributed by atoms with Crippen molar-refractivity contribution < 1.29 is 28.7 Å². The summed E-state index contributed by atoms with van der Waals surface area (Å²) in [6.07, 6.45) is 5.94. The fraction of sp³-hybridized carbons (Fsp3) is 0.529. The van der Waals surface area contributed by atoms with Crippen LogP contribution in [0.25, 0.3) is 0 Å². The molecule has 2 amide bonds. The summed E-state index contributed by atoms with van der Waals surface area (Å²) in [5, 5.41) is 3.25. The molecule has 0 bridgehead atoms. The van der Waals surface area contributed by atoms with Crippen LogP contribution in [0.4, 0.5) is 0 Å². The second-order valence-corrected chi connectivity index (χ2v) is 13.9. The highest BCUT2D eigenvalue weighted by Crippen LogP contribution is 2.46. The molecule has 2 fully saturated rings. The van der Waals surface area contributed by atoms with E-state index in [1.54, 1.807) is 29.3 Å². The molecule has 3 aliphatic heterocycles. The lowest BCUT2D eigenvalue weighted by molar-refractivity contribution is -0.143. The number of aromatic nitrogens is 1. The standard InChI is InChI=1S/C34H41Cl2N5O6S/c1-46-33(44)30-24(10-11-26-37-12-20-48-26)38-25(31(34(45)47-2)32(30)29-22(35)7-5-8-23(29)36)21-28(43)41-18-16-39(17-19-41)13-3-4-14-40-15-6-9-27(40)42/h5,7-8,12,20,30,32H,3-4,6,9-11,13-19,21H2,1-2H3. The molecule has 48 heavy (non-hydrogen) atoms. The molecule has 0 saturated carbocycles. The third kappa shape index (κ3) is 8.45. The third-order valence-corrected chi connectivity index (χ3v) is 10.7. The van der Waals surface area contributed by atoms with E-state index in [0.29, 0.717) is 43.6 Å². The summed E-state index contributed by atoms with van der Waals surface area (Å²) in [4.78, 5) is 68.1. The zero-order valence-electron chi connectivity index (χ0n) is 27.3. The number of unbranched alkanes of at least 4 members (excludes halogenated alkanes) is 1. The van der Waals surface area contributed by atoms with E-state index in [4.69, 9.17) is 37.7 Å². The molecule has 1 aromatic carbocycles. The van der Waals surface area contributed by atoms with Crippen LogP contribution in [0.15, 0.2) is 46.0 Å². The molecule has 11 nitrogen and oxygen atoms in total. The van der Waals surface area contributed by atoms with Gasteiger partial charge in [0.1, 0.15) is 5.92 Å². The van der Waals surface area contributed by atoms with E-state index in [-0.39, 0.29) is 39.6 Å². The van der Waals surface area contributed by atoms with Crippen molar-refractivity contribution in [3.05, 3.63) is 61.7 Å². The van der Waals surface area contributed by atoms with Gasteiger partial charge in [0.15, 0.2) is 0 Å². The van der Waals surface area contributed by atoms with E-state index < -0.39 is 23.8 Å². The van der Waals surface area contributed by atoms with Crippen LogP contribution in [0.3, 0.4) is 0 Å². The maximum atomic E-state index is 13.8. The monoisotopic (exact) mass is 717 g/mol.